The van der Waals surface area contributed by atoms with Crippen molar-refractivity contribution in [2.45, 2.75) is 32.8 Å². The fourth-order valence-corrected chi connectivity index (χ4v) is 4.81. The van der Waals surface area contributed by atoms with Crippen LogP contribution >= 0.6 is 24.0 Å². The number of nitrogens with zero attached hydrogens (tertiary/aromatic N) is 1. The van der Waals surface area contributed by atoms with Crippen molar-refractivity contribution in [2.24, 2.45) is 0 Å². The summed E-state index contributed by atoms with van der Waals surface area (Å²) in [7, 11) is 1.57. The Labute approximate surface area is 226 Å². The van der Waals surface area contributed by atoms with Gasteiger partial charge in [0.2, 0.25) is 0 Å². The van der Waals surface area contributed by atoms with E-state index >= 15 is 0 Å². The van der Waals surface area contributed by atoms with Gasteiger partial charge >= 0.3 is 0 Å². The van der Waals surface area contributed by atoms with Crippen LogP contribution in [-0.4, -0.2) is 28.3 Å². The van der Waals surface area contributed by atoms with Crippen LogP contribution in [0.4, 0.5) is 0 Å². The maximum absolute atomic E-state index is 12.9. The molecule has 1 fully saturated rings. The van der Waals surface area contributed by atoms with Gasteiger partial charge in [-0.25, -0.2) is 0 Å². The average Bonchev–Trinajstić information content (AvgIpc) is 3.15. The molecule has 0 aromatic heterocycles. The van der Waals surface area contributed by atoms with Crippen LogP contribution in [0.2, 0.25) is 0 Å². The van der Waals surface area contributed by atoms with Gasteiger partial charge in [0.25, 0.3) is 11.8 Å². The van der Waals surface area contributed by atoms with Crippen molar-refractivity contribution < 1.29 is 19.1 Å². The molecule has 2 amide bonds. The minimum Gasteiger partial charge on any atom is -0.493 e. The van der Waals surface area contributed by atoms with Gasteiger partial charge in [-0.2, -0.15) is 5.01 Å². The van der Waals surface area contributed by atoms with Crippen LogP contribution < -0.4 is 14.9 Å². The number of hydrogen-bond donors (Lipinski definition) is 1. The number of nitrogens with one attached hydrogen (secondary N) is 1. The number of rotatable bonds is 7. The Morgan fingerprint density at radius 3 is 2.38 bits per heavy atom. The number of thioether (sulfide) groups is 1. The average molecular weight is 533 g/mol. The van der Waals surface area contributed by atoms with Crippen LogP contribution in [-0.2, 0) is 16.8 Å². The lowest BCUT2D eigenvalue weighted by molar-refractivity contribution is -0.123. The summed E-state index contributed by atoms with van der Waals surface area (Å²) >= 11 is 6.45. The van der Waals surface area contributed by atoms with Crippen LogP contribution in [0.5, 0.6) is 11.5 Å². The Morgan fingerprint density at radius 2 is 1.73 bits per heavy atom. The molecule has 1 aliphatic heterocycles. The number of thiocarbonyl (C=S) groups is 1. The van der Waals surface area contributed by atoms with Gasteiger partial charge in [0, 0.05) is 5.56 Å². The number of benzene rings is 3. The second kappa shape index (κ2) is 11.2. The molecule has 1 aliphatic rings. The smallest absolute Gasteiger partial charge is 0.285 e. The molecule has 190 valence electrons. The zero-order valence-corrected chi connectivity index (χ0v) is 22.7. The monoisotopic (exact) mass is 532 g/mol. The SMILES string of the molecule is COc1cc(/C=C2/SC(=S)N(NC(=O)c3ccccc3)C2=O)ccc1OCc1ccc(C(C)(C)C)cc1. The van der Waals surface area contributed by atoms with Crippen molar-refractivity contribution in [3.63, 3.8) is 0 Å². The first-order valence-corrected chi connectivity index (χ1v) is 12.9. The predicted octanol–water partition coefficient (Wildman–Crippen LogP) is 6.12. The van der Waals surface area contributed by atoms with Crippen LogP contribution in [0.15, 0.2) is 77.7 Å². The maximum atomic E-state index is 12.9. The van der Waals surface area contributed by atoms with Crippen LogP contribution in [0.25, 0.3) is 6.08 Å². The third-order valence-electron chi connectivity index (χ3n) is 5.74. The quantitative estimate of drug-likeness (QED) is 0.292. The van der Waals surface area contributed by atoms with Gasteiger partial charge in [-0.05, 0) is 64.7 Å². The van der Waals surface area contributed by atoms with Crippen molar-refractivity contribution >= 4 is 46.2 Å². The minimum absolute atomic E-state index is 0.0974. The molecule has 0 radical (unpaired) electrons. The third-order valence-corrected chi connectivity index (χ3v) is 7.04. The van der Waals surface area contributed by atoms with Gasteiger partial charge in [-0.1, -0.05) is 81.1 Å². The number of carbonyl (C=O) groups excluding carboxylic acids is 2. The number of hydrogen-bond acceptors (Lipinski definition) is 6. The first kappa shape index (κ1) is 26.4. The Bertz CT molecular complexity index is 1350. The summed E-state index contributed by atoms with van der Waals surface area (Å²) in [5.41, 5.74) is 6.18. The molecule has 1 saturated heterocycles. The largest absolute Gasteiger partial charge is 0.493 e. The Kier molecular flexibility index (Phi) is 8.00. The highest BCUT2D eigenvalue weighted by Gasteiger charge is 2.33. The third kappa shape index (κ3) is 6.39. The molecule has 0 spiro atoms. The predicted molar refractivity (Wildman–Crippen MR) is 151 cm³/mol. The minimum atomic E-state index is -0.408. The number of amides is 2. The molecule has 0 saturated carbocycles. The lowest BCUT2D eigenvalue weighted by Crippen LogP contribution is -2.44. The fourth-order valence-electron chi connectivity index (χ4n) is 3.63. The molecule has 6 nitrogen and oxygen atoms in total. The summed E-state index contributed by atoms with van der Waals surface area (Å²) < 4.78 is 11.8. The van der Waals surface area contributed by atoms with Gasteiger partial charge in [0.15, 0.2) is 15.8 Å². The molecule has 37 heavy (non-hydrogen) atoms. The van der Waals surface area contributed by atoms with Gasteiger partial charge in [-0.15, -0.1) is 0 Å². The maximum Gasteiger partial charge on any atom is 0.285 e. The topological polar surface area (TPSA) is 67.9 Å². The van der Waals surface area contributed by atoms with Gasteiger partial charge in [0.05, 0.1) is 12.0 Å². The second-order valence-corrected chi connectivity index (χ2v) is 11.1. The molecule has 0 bridgehead atoms. The number of ether oxygens (including phenoxy) is 2. The van der Waals surface area contributed by atoms with E-state index in [0.717, 1.165) is 27.9 Å². The normalized spacial score (nSPS) is 14.7. The first-order valence-electron chi connectivity index (χ1n) is 11.7. The van der Waals surface area contributed by atoms with Crippen LogP contribution in [0, 0.1) is 0 Å². The lowest BCUT2D eigenvalue weighted by Gasteiger charge is -2.19. The zero-order chi connectivity index (χ0) is 26.6. The number of methoxy groups -OCH3 is 1. The van der Waals surface area contributed by atoms with Gasteiger partial charge in [0.1, 0.15) is 6.61 Å². The Morgan fingerprint density at radius 1 is 1.03 bits per heavy atom. The lowest BCUT2D eigenvalue weighted by atomic mass is 9.87. The summed E-state index contributed by atoms with van der Waals surface area (Å²) in [5.74, 6) is 0.349. The Hall–Kier alpha value is -3.62. The van der Waals surface area contributed by atoms with E-state index in [1.54, 1.807) is 43.5 Å². The molecule has 1 heterocycles. The molecule has 1 N–H and O–H groups in total. The van der Waals surface area contributed by atoms with Crippen molar-refractivity contribution in [1.82, 2.24) is 10.4 Å². The molecular weight excluding hydrogens is 504 g/mol. The number of hydrazine groups is 1. The number of carbonyl (C=O) groups is 2. The molecule has 8 heteroatoms. The van der Waals surface area contributed by atoms with Gasteiger partial charge < -0.3 is 9.47 Å². The molecule has 0 aliphatic carbocycles. The van der Waals surface area contributed by atoms with Crippen molar-refractivity contribution in [3.05, 3.63) is 100.0 Å². The Balaban J connectivity index is 1.44. The van der Waals surface area contributed by atoms with E-state index in [0.29, 0.717) is 28.6 Å². The summed E-state index contributed by atoms with van der Waals surface area (Å²) in [6.45, 7) is 6.96. The van der Waals surface area contributed by atoms with E-state index in [1.807, 2.05) is 18.2 Å². The van der Waals surface area contributed by atoms with E-state index in [1.165, 1.54) is 5.56 Å². The van der Waals surface area contributed by atoms with Gasteiger partial charge in [-0.3, -0.25) is 15.0 Å². The van der Waals surface area contributed by atoms with Crippen molar-refractivity contribution in [2.75, 3.05) is 7.11 Å². The van der Waals surface area contributed by atoms with E-state index in [2.05, 4.69) is 50.5 Å². The standard InChI is InChI=1S/C29H28N2O4S2/c1-29(2,3)22-13-10-19(11-14-22)18-35-23-15-12-20(16-24(23)34-4)17-25-27(33)31(28(36)37-25)30-26(32)21-8-6-5-7-9-21/h5-17H,18H2,1-4H3,(H,30,32)/b25-17+. The zero-order valence-electron chi connectivity index (χ0n) is 21.1. The van der Waals surface area contributed by atoms with Crippen LogP contribution in [0.1, 0.15) is 47.8 Å². The van der Waals surface area contributed by atoms with E-state index < -0.39 is 11.8 Å². The first-order chi connectivity index (χ1) is 17.7. The molecule has 3 aromatic rings. The van der Waals surface area contributed by atoms with Crippen molar-refractivity contribution in [1.29, 1.82) is 0 Å². The van der Waals surface area contributed by atoms with Crippen molar-refractivity contribution in [3.8, 4) is 11.5 Å². The summed E-state index contributed by atoms with van der Waals surface area (Å²) in [5, 5.41) is 1.10. The molecule has 3 aromatic carbocycles. The molecule has 0 atom stereocenters. The molecular formula is C29H28N2O4S2. The van der Waals surface area contributed by atoms with E-state index in [4.69, 9.17) is 21.7 Å². The molecule has 4 rings (SSSR count). The van der Waals surface area contributed by atoms with E-state index in [-0.39, 0.29) is 9.74 Å². The second-order valence-electron chi connectivity index (χ2n) is 9.47. The summed E-state index contributed by atoms with van der Waals surface area (Å²) in [6, 6.07) is 22.5. The highest BCUT2D eigenvalue weighted by atomic mass is 32.2. The van der Waals surface area contributed by atoms with E-state index in [9.17, 15) is 9.59 Å². The summed E-state index contributed by atoms with van der Waals surface area (Å²) in [6.07, 6.45) is 1.71. The molecule has 0 unspecified atom stereocenters. The fraction of sp³-hybridized carbons (Fsp3) is 0.207. The highest BCUT2D eigenvalue weighted by molar-refractivity contribution is 8.26. The highest BCUT2D eigenvalue weighted by Crippen LogP contribution is 2.34. The van der Waals surface area contributed by atoms with Crippen LogP contribution in [0.3, 0.4) is 0 Å². The summed E-state index contributed by atoms with van der Waals surface area (Å²) in [4.78, 5) is 25.8.